The first-order chi connectivity index (χ1) is 8.26. The van der Waals surface area contributed by atoms with Crippen LogP contribution >= 0.6 is 15.9 Å². The predicted octanol–water partition coefficient (Wildman–Crippen LogP) is 0.150. The van der Waals surface area contributed by atoms with Crippen molar-refractivity contribution < 1.29 is 8.42 Å². The van der Waals surface area contributed by atoms with Gasteiger partial charge in [-0.1, -0.05) is 5.21 Å². The lowest BCUT2D eigenvalue weighted by Crippen LogP contribution is -2.31. The molecular weight excluding hydrogens is 322 g/mol. The minimum absolute atomic E-state index is 0.0786. The van der Waals surface area contributed by atoms with Crippen LogP contribution in [0.2, 0.25) is 0 Å². The van der Waals surface area contributed by atoms with Crippen molar-refractivity contribution >= 4 is 26.0 Å². The molecule has 1 aromatic rings. The molecule has 0 aromatic carbocycles. The zero-order valence-corrected chi connectivity index (χ0v) is 13.4. The van der Waals surface area contributed by atoms with E-state index in [0.29, 0.717) is 6.54 Å². The van der Waals surface area contributed by atoms with E-state index < -0.39 is 10.0 Å². The molecule has 0 saturated heterocycles. The molecule has 0 spiro atoms. The molecule has 7 nitrogen and oxygen atoms in total. The van der Waals surface area contributed by atoms with Crippen molar-refractivity contribution in [2.75, 3.05) is 34.2 Å². The maximum atomic E-state index is 12.3. The van der Waals surface area contributed by atoms with E-state index in [4.69, 9.17) is 0 Å². The number of aromatic nitrogens is 3. The van der Waals surface area contributed by atoms with Crippen LogP contribution in [0.4, 0.5) is 0 Å². The van der Waals surface area contributed by atoms with Crippen molar-refractivity contribution in [2.24, 2.45) is 7.05 Å². The van der Waals surface area contributed by atoms with Crippen molar-refractivity contribution in [3.8, 4) is 0 Å². The van der Waals surface area contributed by atoms with E-state index in [1.807, 2.05) is 19.0 Å². The van der Waals surface area contributed by atoms with E-state index in [2.05, 4.69) is 26.2 Å². The third-order valence-electron chi connectivity index (χ3n) is 2.47. The molecule has 0 radical (unpaired) electrons. The average molecular weight is 340 g/mol. The Labute approximate surface area is 116 Å². The van der Waals surface area contributed by atoms with Gasteiger partial charge in [0, 0.05) is 20.6 Å². The van der Waals surface area contributed by atoms with E-state index >= 15 is 0 Å². The number of halogens is 1. The first kappa shape index (κ1) is 15.5. The summed E-state index contributed by atoms with van der Waals surface area (Å²) in [6.45, 7) is 1.29. The quantitative estimate of drug-likeness (QED) is 0.737. The van der Waals surface area contributed by atoms with Gasteiger partial charge in [0.25, 0.3) is 10.0 Å². The van der Waals surface area contributed by atoms with E-state index in [0.717, 1.165) is 13.0 Å². The summed E-state index contributed by atoms with van der Waals surface area (Å²) in [6.07, 6.45) is 0.769. The highest BCUT2D eigenvalue weighted by Crippen LogP contribution is 2.21. The molecule has 18 heavy (non-hydrogen) atoms. The van der Waals surface area contributed by atoms with Crippen LogP contribution in [0.5, 0.6) is 0 Å². The van der Waals surface area contributed by atoms with Gasteiger partial charge in [0.05, 0.1) is 0 Å². The zero-order valence-electron chi connectivity index (χ0n) is 11.0. The van der Waals surface area contributed by atoms with Crippen LogP contribution in [0.1, 0.15) is 6.42 Å². The van der Waals surface area contributed by atoms with Crippen LogP contribution in [0, 0.1) is 0 Å². The van der Waals surface area contributed by atoms with Crippen LogP contribution in [0.15, 0.2) is 9.63 Å². The van der Waals surface area contributed by atoms with Gasteiger partial charge in [-0.25, -0.2) is 13.1 Å². The first-order valence-electron chi connectivity index (χ1n) is 5.43. The van der Waals surface area contributed by atoms with E-state index in [1.165, 1.54) is 8.99 Å². The molecule has 0 aliphatic carbocycles. The van der Waals surface area contributed by atoms with E-state index in [9.17, 15) is 8.42 Å². The molecule has 1 rings (SSSR count). The lowest BCUT2D eigenvalue weighted by atomic mass is 10.4. The summed E-state index contributed by atoms with van der Waals surface area (Å²) < 4.78 is 27.4. The molecule has 0 aliphatic heterocycles. The van der Waals surface area contributed by atoms with Gasteiger partial charge in [0.1, 0.15) is 0 Å². The minimum Gasteiger partial charge on any atom is -0.309 e. The van der Waals surface area contributed by atoms with Gasteiger partial charge < -0.3 is 4.90 Å². The topological polar surface area (TPSA) is 71.3 Å². The summed E-state index contributed by atoms with van der Waals surface area (Å²) in [7, 11) is 3.47. The SMILES string of the molecule is CN(C)CCCN(C)S(=O)(=O)c1c(Br)nnn1C. The summed E-state index contributed by atoms with van der Waals surface area (Å²) in [5.41, 5.74) is 0. The van der Waals surface area contributed by atoms with Crippen LogP contribution in [-0.4, -0.2) is 66.8 Å². The molecule has 0 unspecified atom stereocenters. The fourth-order valence-electron chi connectivity index (χ4n) is 1.47. The lowest BCUT2D eigenvalue weighted by Gasteiger charge is -2.18. The van der Waals surface area contributed by atoms with E-state index in [1.54, 1.807) is 14.1 Å². The molecule has 0 atom stereocenters. The van der Waals surface area contributed by atoms with Crippen molar-refractivity contribution in [3.05, 3.63) is 4.60 Å². The standard InChI is InChI=1S/C9H18BrN5O2S/c1-13(2)6-5-7-14(3)18(16,17)9-8(10)11-12-15(9)4/h5-7H2,1-4H3. The van der Waals surface area contributed by atoms with Crippen molar-refractivity contribution in [2.45, 2.75) is 11.4 Å². The molecule has 104 valence electrons. The summed E-state index contributed by atoms with van der Waals surface area (Å²) >= 11 is 3.10. The third kappa shape index (κ3) is 3.50. The lowest BCUT2D eigenvalue weighted by molar-refractivity contribution is 0.369. The maximum absolute atomic E-state index is 12.3. The molecule has 9 heteroatoms. The molecule has 0 aliphatic rings. The van der Waals surface area contributed by atoms with E-state index in [-0.39, 0.29) is 9.63 Å². The van der Waals surface area contributed by atoms with Crippen molar-refractivity contribution in [1.29, 1.82) is 0 Å². The molecular formula is C9H18BrN5O2S. The zero-order chi connectivity index (χ0) is 13.9. The Balaban J connectivity index is 2.81. The second-order valence-corrected chi connectivity index (χ2v) is 7.00. The fraction of sp³-hybridized carbons (Fsp3) is 0.778. The van der Waals surface area contributed by atoms with Gasteiger partial charge in [-0.2, -0.15) is 4.31 Å². The van der Waals surface area contributed by atoms with Gasteiger partial charge in [-0.05, 0) is 43.0 Å². The molecule has 1 aromatic heterocycles. The maximum Gasteiger partial charge on any atom is 0.262 e. The molecule has 0 N–H and O–H groups in total. The predicted molar refractivity (Wildman–Crippen MR) is 71.7 cm³/mol. The number of hydrogen-bond acceptors (Lipinski definition) is 5. The monoisotopic (exact) mass is 339 g/mol. The number of rotatable bonds is 6. The minimum atomic E-state index is -3.55. The Morgan fingerprint density at radius 1 is 1.28 bits per heavy atom. The second-order valence-electron chi connectivity index (χ2n) is 4.29. The highest BCUT2D eigenvalue weighted by molar-refractivity contribution is 9.10. The Morgan fingerprint density at radius 3 is 2.33 bits per heavy atom. The average Bonchev–Trinajstić information content (AvgIpc) is 2.58. The Bertz CT molecular complexity index is 480. The number of sulfonamides is 1. The number of hydrogen-bond donors (Lipinski definition) is 0. The second kappa shape index (κ2) is 6.09. The number of aryl methyl sites for hydroxylation is 1. The summed E-state index contributed by atoms with van der Waals surface area (Å²) in [6, 6.07) is 0. The van der Waals surface area contributed by atoms with Crippen LogP contribution in [0.3, 0.4) is 0 Å². The largest absolute Gasteiger partial charge is 0.309 e. The van der Waals surface area contributed by atoms with Crippen molar-refractivity contribution in [1.82, 2.24) is 24.2 Å². The Morgan fingerprint density at radius 2 is 1.89 bits per heavy atom. The normalized spacial score (nSPS) is 12.6. The van der Waals surface area contributed by atoms with Gasteiger partial charge in [-0.15, -0.1) is 5.10 Å². The smallest absolute Gasteiger partial charge is 0.262 e. The van der Waals surface area contributed by atoms with Gasteiger partial charge in [0.15, 0.2) is 4.60 Å². The molecule has 0 amide bonds. The Hall–Kier alpha value is -0.510. The Kier molecular flexibility index (Phi) is 5.26. The fourth-order valence-corrected chi connectivity index (χ4v) is 3.70. The summed E-state index contributed by atoms with van der Waals surface area (Å²) in [5, 5.41) is 7.45. The van der Waals surface area contributed by atoms with Crippen molar-refractivity contribution in [3.63, 3.8) is 0 Å². The summed E-state index contributed by atoms with van der Waals surface area (Å²) in [4.78, 5) is 2.02. The third-order valence-corrected chi connectivity index (χ3v) is 5.22. The van der Waals surface area contributed by atoms with Gasteiger partial charge >= 0.3 is 0 Å². The highest BCUT2D eigenvalue weighted by Gasteiger charge is 2.28. The van der Waals surface area contributed by atoms with Crippen LogP contribution < -0.4 is 0 Å². The summed E-state index contributed by atoms with van der Waals surface area (Å²) in [5.74, 6) is 0. The molecule has 0 saturated carbocycles. The first-order valence-corrected chi connectivity index (χ1v) is 7.66. The molecule has 0 bridgehead atoms. The molecule has 1 heterocycles. The van der Waals surface area contributed by atoms with Gasteiger partial charge in [-0.3, -0.25) is 0 Å². The van der Waals surface area contributed by atoms with Crippen LogP contribution in [0.25, 0.3) is 0 Å². The molecule has 0 fully saturated rings. The van der Waals surface area contributed by atoms with Gasteiger partial charge in [0.2, 0.25) is 5.03 Å². The highest BCUT2D eigenvalue weighted by atomic mass is 79.9. The number of nitrogens with zero attached hydrogens (tertiary/aromatic N) is 5. The van der Waals surface area contributed by atoms with Crippen LogP contribution in [-0.2, 0) is 17.1 Å².